The normalized spacial score (nSPS) is 26.0. The molecule has 1 saturated heterocycles. The zero-order valence-corrected chi connectivity index (χ0v) is 7.24. The van der Waals surface area contributed by atoms with E-state index in [9.17, 15) is 0 Å². The van der Waals surface area contributed by atoms with Crippen molar-refractivity contribution < 1.29 is 14.6 Å². The topological polar surface area (TPSA) is 64.7 Å². The van der Waals surface area contributed by atoms with E-state index in [1.54, 1.807) is 0 Å². The molecule has 0 spiro atoms. The van der Waals surface area contributed by atoms with Gasteiger partial charge < -0.3 is 20.3 Å². The monoisotopic (exact) mass is 175 g/mol. The summed E-state index contributed by atoms with van der Waals surface area (Å²) in [5, 5.41) is 9.04. The van der Waals surface area contributed by atoms with E-state index in [4.69, 9.17) is 20.3 Å². The van der Waals surface area contributed by atoms with E-state index < -0.39 is 6.10 Å². The SMILES string of the molecule is NCC(O)COCC1CCCO1. The van der Waals surface area contributed by atoms with E-state index in [0.717, 1.165) is 19.4 Å². The fourth-order valence-electron chi connectivity index (χ4n) is 1.18. The zero-order valence-electron chi connectivity index (χ0n) is 7.24. The lowest BCUT2D eigenvalue weighted by atomic mass is 10.2. The maximum absolute atomic E-state index is 9.04. The first kappa shape index (κ1) is 9.92. The molecular formula is C8H17NO3. The van der Waals surface area contributed by atoms with Gasteiger partial charge in [0.15, 0.2) is 0 Å². The molecule has 12 heavy (non-hydrogen) atoms. The third-order valence-electron chi connectivity index (χ3n) is 1.91. The van der Waals surface area contributed by atoms with Crippen molar-refractivity contribution in [3.63, 3.8) is 0 Å². The highest BCUT2D eigenvalue weighted by atomic mass is 16.5. The fraction of sp³-hybridized carbons (Fsp3) is 1.00. The molecule has 1 heterocycles. The van der Waals surface area contributed by atoms with Crippen molar-refractivity contribution in [3.05, 3.63) is 0 Å². The Balaban J connectivity index is 1.94. The number of ether oxygens (including phenoxy) is 2. The standard InChI is InChI=1S/C8H17NO3/c9-4-7(10)5-11-6-8-2-1-3-12-8/h7-8,10H,1-6,9H2. The van der Waals surface area contributed by atoms with Gasteiger partial charge in [-0.15, -0.1) is 0 Å². The molecule has 3 N–H and O–H groups in total. The van der Waals surface area contributed by atoms with Crippen LogP contribution < -0.4 is 5.73 Å². The maximum atomic E-state index is 9.04. The van der Waals surface area contributed by atoms with E-state index in [2.05, 4.69) is 0 Å². The van der Waals surface area contributed by atoms with E-state index in [0.29, 0.717) is 13.2 Å². The van der Waals surface area contributed by atoms with Crippen LogP contribution in [0, 0.1) is 0 Å². The van der Waals surface area contributed by atoms with Gasteiger partial charge in [-0.2, -0.15) is 0 Å². The fourth-order valence-corrected chi connectivity index (χ4v) is 1.18. The molecule has 0 aromatic carbocycles. The van der Waals surface area contributed by atoms with Crippen LogP contribution >= 0.6 is 0 Å². The van der Waals surface area contributed by atoms with Gasteiger partial charge in [0.05, 0.1) is 25.4 Å². The quantitative estimate of drug-likeness (QED) is 0.591. The highest BCUT2D eigenvalue weighted by Gasteiger charge is 2.15. The van der Waals surface area contributed by atoms with Gasteiger partial charge >= 0.3 is 0 Å². The molecule has 0 aromatic rings. The minimum Gasteiger partial charge on any atom is -0.389 e. The lowest BCUT2D eigenvalue weighted by molar-refractivity contribution is -0.0146. The Labute approximate surface area is 72.6 Å². The average molecular weight is 175 g/mol. The van der Waals surface area contributed by atoms with Gasteiger partial charge in [0.1, 0.15) is 0 Å². The van der Waals surface area contributed by atoms with Gasteiger partial charge in [-0.3, -0.25) is 0 Å². The molecule has 0 aliphatic carbocycles. The predicted octanol–water partition coefficient (Wildman–Crippen LogP) is -0.498. The second kappa shape index (κ2) is 5.48. The lowest BCUT2D eigenvalue weighted by Crippen LogP contribution is -2.27. The molecule has 4 heteroatoms. The van der Waals surface area contributed by atoms with Crippen molar-refractivity contribution in [1.29, 1.82) is 0 Å². The van der Waals surface area contributed by atoms with Crippen LogP contribution in [0.1, 0.15) is 12.8 Å². The van der Waals surface area contributed by atoms with Crippen LogP contribution in [0.25, 0.3) is 0 Å². The zero-order chi connectivity index (χ0) is 8.81. The van der Waals surface area contributed by atoms with Gasteiger partial charge in [0, 0.05) is 13.2 Å². The molecule has 0 bridgehead atoms. The van der Waals surface area contributed by atoms with Crippen LogP contribution in [0.4, 0.5) is 0 Å². The Bertz CT molecular complexity index is 115. The molecule has 0 aromatic heterocycles. The summed E-state index contributed by atoms with van der Waals surface area (Å²) in [6.07, 6.45) is 1.88. The van der Waals surface area contributed by atoms with Crippen molar-refractivity contribution in [2.75, 3.05) is 26.4 Å². The van der Waals surface area contributed by atoms with Gasteiger partial charge in [-0.25, -0.2) is 0 Å². The maximum Gasteiger partial charge on any atom is 0.0895 e. The summed E-state index contributed by atoms with van der Waals surface area (Å²) in [5.74, 6) is 0. The van der Waals surface area contributed by atoms with Crippen molar-refractivity contribution in [3.8, 4) is 0 Å². The molecule has 72 valence electrons. The van der Waals surface area contributed by atoms with Crippen molar-refractivity contribution in [1.82, 2.24) is 0 Å². The number of hydrogen-bond donors (Lipinski definition) is 2. The third kappa shape index (κ3) is 3.49. The van der Waals surface area contributed by atoms with Crippen molar-refractivity contribution in [2.45, 2.75) is 25.0 Å². The van der Waals surface area contributed by atoms with Crippen LogP contribution in [0.15, 0.2) is 0 Å². The third-order valence-corrected chi connectivity index (χ3v) is 1.91. The van der Waals surface area contributed by atoms with Crippen LogP contribution in [0.5, 0.6) is 0 Å². The first-order valence-corrected chi connectivity index (χ1v) is 4.40. The van der Waals surface area contributed by atoms with E-state index in [1.807, 2.05) is 0 Å². The Hall–Kier alpha value is -0.160. The van der Waals surface area contributed by atoms with Crippen LogP contribution in [-0.4, -0.2) is 43.7 Å². The van der Waals surface area contributed by atoms with Gasteiger partial charge in [-0.05, 0) is 12.8 Å². The molecule has 0 saturated carbocycles. The van der Waals surface area contributed by atoms with Gasteiger partial charge in [-0.1, -0.05) is 0 Å². The largest absolute Gasteiger partial charge is 0.389 e. The first-order chi connectivity index (χ1) is 5.83. The van der Waals surface area contributed by atoms with Crippen LogP contribution in [0.3, 0.4) is 0 Å². The molecule has 0 radical (unpaired) electrons. The molecule has 4 nitrogen and oxygen atoms in total. The number of aliphatic hydroxyl groups excluding tert-OH is 1. The number of aliphatic hydroxyl groups is 1. The average Bonchev–Trinajstić information content (AvgIpc) is 2.57. The van der Waals surface area contributed by atoms with Crippen LogP contribution in [-0.2, 0) is 9.47 Å². The minimum atomic E-state index is -0.536. The minimum absolute atomic E-state index is 0.231. The molecule has 1 fully saturated rings. The highest BCUT2D eigenvalue weighted by Crippen LogP contribution is 2.11. The van der Waals surface area contributed by atoms with E-state index >= 15 is 0 Å². The number of hydrogen-bond acceptors (Lipinski definition) is 4. The summed E-state index contributed by atoms with van der Waals surface area (Å²) < 4.78 is 10.5. The number of rotatable bonds is 5. The Kier molecular flexibility index (Phi) is 4.53. The first-order valence-electron chi connectivity index (χ1n) is 4.40. The van der Waals surface area contributed by atoms with Crippen molar-refractivity contribution >= 4 is 0 Å². The molecule has 0 amide bonds. The second-order valence-electron chi connectivity index (χ2n) is 3.06. The van der Waals surface area contributed by atoms with Crippen molar-refractivity contribution in [2.24, 2.45) is 5.73 Å². The smallest absolute Gasteiger partial charge is 0.0895 e. The summed E-state index contributed by atoms with van der Waals surface area (Å²) in [6.45, 7) is 1.99. The molecule has 1 aliphatic heterocycles. The van der Waals surface area contributed by atoms with Gasteiger partial charge in [0.25, 0.3) is 0 Å². The van der Waals surface area contributed by atoms with Gasteiger partial charge in [0.2, 0.25) is 0 Å². The molecular weight excluding hydrogens is 158 g/mol. The summed E-state index contributed by atoms with van der Waals surface area (Å²) >= 11 is 0. The highest BCUT2D eigenvalue weighted by molar-refractivity contribution is 4.64. The predicted molar refractivity (Wildman–Crippen MR) is 44.9 cm³/mol. The van der Waals surface area contributed by atoms with E-state index in [1.165, 1.54) is 0 Å². The Morgan fingerprint density at radius 1 is 1.67 bits per heavy atom. The summed E-state index contributed by atoms with van der Waals surface area (Å²) in [6, 6.07) is 0. The lowest BCUT2D eigenvalue weighted by Gasteiger charge is -2.12. The Morgan fingerprint density at radius 2 is 2.50 bits per heavy atom. The Morgan fingerprint density at radius 3 is 3.08 bits per heavy atom. The molecule has 2 unspecified atom stereocenters. The number of nitrogens with two attached hydrogens (primary N) is 1. The van der Waals surface area contributed by atoms with Crippen LogP contribution in [0.2, 0.25) is 0 Å². The summed E-state index contributed by atoms with van der Waals surface area (Å²) in [7, 11) is 0. The molecule has 1 aliphatic rings. The second-order valence-corrected chi connectivity index (χ2v) is 3.06. The molecule has 1 rings (SSSR count). The summed E-state index contributed by atoms with van der Waals surface area (Å²) in [4.78, 5) is 0. The molecule has 2 atom stereocenters. The summed E-state index contributed by atoms with van der Waals surface area (Å²) in [5.41, 5.74) is 5.21. The van der Waals surface area contributed by atoms with E-state index in [-0.39, 0.29) is 12.6 Å².